The Hall–Kier alpha value is -2.43. The molecule has 20 heavy (non-hydrogen) atoms. The molecule has 2 aromatic rings. The van der Waals surface area contributed by atoms with Gasteiger partial charge in [-0.25, -0.2) is 4.39 Å². The Morgan fingerprint density at radius 2 is 2.10 bits per heavy atom. The second kappa shape index (κ2) is 6.14. The first-order chi connectivity index (χ1) is 9.65. The van der Waals surface area contributed by atoms with E-state index in [9.17, 15) is 9.18 Å². The smallest absolute Gasteiger partial charge is 0.261 e. The largest absolute Gasteiger partial charge is 0.397 e. The first-order valence-corrected chi connectivity index (χ1v) is 6.41. The van der Waals surface area contributed by atoms with E-state index < -0.39 is 11.7 Å². The van der Waals surface area contributed by atoms with Crippen molar-refractivity contribution < 1.29 is 9.18 Å². The highest BCUT2D eigenvalue weighted by Crippen LogP contribution is 2.25. The molecule has 5 heteroatoms. The highest BCUT2D eigenvalue weighted by molar-refractivity contribution is 6.07. The van der Waals surface area contributed by atoms with Gasteiger partial charge < -0.3 is 10.6 Å². The molecule has 4 nitrogen and oxygen atoms in total. The number of anilines is 2. The van der Waals surface area contributed by atoms with Crippen LogP contribution in [0.3, 0.4) is 0 Å². The molecule has 1 heterocycles. The molecular weight excluding hydrogens is 257 g/mol. The van der Waals surface area contributed by atoms with Gasteiger partial charge in [0.25, 0.3) is 5.91 Å². The Kier molecular flexibility index (Phi) is 4.30. The molecule has 0 saturated carbocycles. The quantitative estimate of drug-likeness (QED) is 0.871. The van der Waals surface area contributed by atoms with Crippen molar-refractivity contribution in [2.45, 2.75) is 13.3 Å². The van der Waals surface area contributed by atoms with Crippen molar-refractivity contribution in [3.63, 3.8) is 0 Å². The molecule has 0 atom stereocenters. The van der Waals surface area contributed by atoms with Gasteiger partial charge in [-0.2, -0.15) is 0 Å². The fraction of sp³-hybridized carbons (Fsp3) is 0.200. The third-order valence-corrected chi connectivity index (χ3v) is 2.92. The van der Waals surface area contributed by atoms with Crippen LogP contribution in [-0.2, 0) is 0 Å². The van der Waals surface area contributed by atoms with E-state index >= 15 is 0 Å². The van der Waals surface area contributed by atoms with Crippen LogP contribution in [0.5, 0.6) is 0 Å². The Balaban J connectivity index is 2.42. The molecule has 104 valence electrons. The number of pyridine rings is 1. The van der Waals surface area contributed by atoms with E-state index in [0.717, 1.165) is 12.6 Å². The molecule has 0 saturated heterocycles. The molecule has 0 aliphatic rings. The van der Waals surface area contributed by atoms with Crippen molar-refractivity contribution >= 4 is 17.3 Å². The van der Waals surface area contributed by atoms with Gasteiger partial charge >= 0.3 is 0 Å². The molecule has 0 aliphatic heterocycles. The molecular formula is C15H16FN3O. The number of carbonyl (C=O) groups is 1. The van der Waals surface area contributed by atoms with Gasteiger partial charge in [-0.3, -0.25) is 9.78 Å². The zero-order chi connectivity index (χ0) is 14.5. The van der Waals surface area contributed by atoms with E-state index in [4.69, 9.17) is 5.73 Å². The maximum Gasteiger partial charge on any atom is 0.261 e. The average molecular weight is 273 g/mol. The van der Waals surface area contributed by atoms with Crippen LogP contribution in [-0.4, -0.2) is 17.4 Å². The summed E-state index contributed by atoms with van der Waals surface area (Å²) in [5.74, 6) is -1.04. The number of benzene rings is 1. The summed E-state index contributed by atoms with van der Waals surface area (Å²) in [6.45, 7) is 2.41. The predicted molar refractivity (Wildman–Crippen MR) is 77.0 cm³/mol. The van der Waals surface area contributed by atoms with Crippen LogP contribution in [0, 0.1) is 5.82 Å². The van der Waals surface area contributed by atoms with E-state index in [0.29, 0.717) is 17.9 Å². The maximum atomic E-state index is 13.7. The fourth-order valence-electron chi connectivity index (χ4n) is 1.98. The van der Waals surface area contributed by atoms with Crippen LogP contribution in [0.1, 0.15) is 23.7 Å². The topological polar surface area (TPSA) is 59.2 Å². The minimum absolute atomic E-state index is 0.00305. The number of nitrogens with two attached hydrogens (primary N) is 1. The van der Waals surface area contributed by atoms with Crippen molar-refractivity contribution in [3.05, 3.63) is 54.1 Å². The molecule has 0 spiro atoms. The minimum atomic E-state index is -0.631. The number of nitrogen functional groups attached to an aromatic ring is 1. The van der Waals surface area contributed by atoms with Gasteiger partial charge in [0.2, 0.25) is 0 Å². The van der Waals surface area contributed by atoms with Crippen LogP contribution in [0.25, 0.3) is 0 Å². The van der Waals surface area contributed by atoms with Crippen LogP contribution in [0.2, 0.25) is 0 Å². The van der Waals surface area contributed by atoms with Crippen LogP contribution in [0.4, 0.5) is 15.8 Å². The second-order valence-electron chi connectivity index (χ2n) is 4.37. The van der Waals surface area contributed by atoms with Gasteiger partial charge in [0, 0.05) is 12.7 Å². The van der Waals surface area contributed by atoms with Gasteiger partial charge in [0.1, 0.15) is 0 Å². The summed E-state index contributed by atoms with van der Waals surface area (Å²) in [5.41, 5.74) is 6.99. The van der Waals surface area contributed by atoms with E-state index in [1.165, 1.54) is 17.2 Å². The van der Waals surface area contributed by atoms with Crippen molar-refractivity contribution in [2.75, 3.05) is 17.2 Å². The van der Waals surface area contributed by atoms with Crippen LogP contribution < -0.4 is 10.6 Å². The number of hydrogen-bond acceptors (Lipinski definition) is 3. The normalized spacial score (nSPS) is 10.3. The first kappa shape index (κ1) is 14.0. The number of nitrogens with zero attached hydrogens (tertiary/aromatic N) is 2. The molecule has 0 unspecified atom stereocenters. The minimum Gasteiger partial charge on any atom is -0.397 e. The third kappa shape index (κ3) is 2.77. The first-order valence-electron chi connectivity index (χ1n) is 6.41. The lowest BCUT2D eigenvalue weighted by Crippen LogP contribution is -2.33. The van der Waals surface area contributed by atoms with Gasteiger partial charge in [-0.15, -0.1) is 0 Å². The average Bonchev–Trinajstić information content (AvgIpc) is 2.46. The molecule has 0 bridgehead atoms. The third-order valence-electron chi connectivity index (χ3n) is 2.92. The summed E-state index contributed by atoms with van der Waals surface area (Å²) in [6.07, 6.45) is 3.17. The number of halogens is 1. The maximum absolute atomic E-state index is 13.7. The van der Waals surface area contributed by atoms with Gasteiger partial charge in [-0.05, 0) is 24.6 Å². The second-order valence-corrected chi connectivity index (χ2v) is 4.37. The van der Waals surface area contributed by atoms with Gasteiger partial charge in [0.15, 0.2) is 5.82 Å². The number of carbonyl (C=O) groups excluding carboxylic acids is 1. The summed E-state index contributed by atoms with van der Waals surface area (Å²) < 4.78 is 13.7. The SMILES string of the molecule is CCCN(C(=O)c1ccncc1F)c1ccccc1N. The molecule has 1 aromatic heterocycles. The highest BCUT2D eigenvalue weighted by Gasteiger charge is 2.21. The van der Waals surface area contributed by atoms with Gasteiger partial charge in [0.05, 0.1) is 23.1 Å². The lowest BCUT2D eigenvalue weighted by molar-refractivity contribution is 0.0983. The predicted octanol–water partition coefficient (Wildman–Crippen LogP) is 2.86. The lowest BCUT2D eigenvalue weighted by Gasteiger charge is -2.23. The molecule has 0 radical (unpaired) electrons. The summed E-state index contributed by atoms with van der Waals surface area (Å²) >= 11 is 0. The Bertz CT molecular complexity index is 616. The standard InChI is InChI=1S/C15H16FN3O/c1-2-9-19(14-6-4-3-5-13(14)17)15(20)11-7-8-18-10-12(11)16/h3-8,10H,2,9,17H2,1H3. The molecule has 0 aliphatic carbocycles. The number of rotatable bonds is 4. The van der Waals surface area contributed by atoms with Gasteiger partial charge in [-0.1, -0.05) is 19.1 Å². The molecule has 0 fully saturated rings. The van der Waals surface area contributed by atoms with Crippen LogP contribution in [0.15, 0.2) is 42.7 Å². The van der Waals surface area contributed by atoms with Crippen molar-refractivity contribution in [2.24, 2.45) is 0 Å². The Morgan fingerprint density at radius 3 is 2.75 bits per heavy atom. The van der Waals surface area contributed by atoms with Crippen molar-refractivity contribution in [1.82, 2.24) is 4.98 Å². The summed E-state index contributed by atoms with van der Waals surface area (Å²) in [6, 6.07) is 8.43. The van der Waals surface area contributed by atoms with E-state index in [1.807, 2.05) is 6.92 Å². The lowest BCUT2D eigenvalue weighted by atomic mass is 10.1. The fourth-order valence-corrected chi connectivity index (χ4v) is 1.98. The molecule has 2 N–H and O–H groups in total. The van der Waals surface area contributed by atoms with E-state index in [1.54, 1.807) is 24.3 Å². The number of para-hydroxylation sites is 2. The van der Waals surface area contributed by atoms with Crippen molar-refractivity contribution in [1.29, 1.82) is 0 Å². The van der Waals surface area contributed by atoms with E-state index in [-0.39, 0.29) is 5.56 Å². The molecule has 1 amide bonds. The Labute approximate surface area is 117 Å². The molecule has 1 aromatic carbocycles. The summed E-state index contributed by atoms with van der Waals surface area (Å²) in [5, 5.41) is 0. The number of hydrogen-bond donors (Lipinski definition) is 1. The van der Waals surface area contributed by atoms with Crippen LogP contribution >= 0.6 is 0 Å². The zero-order valence-electron chi connectivity index (χ0n) is 11.2. The van der Waals surface area contributed by atoms with E-state index in [2.05, 4.69) is 4.98 Å². The summed E-state index contributed by atoms with van der Waals surface area (Å²) in [7, 11) is 0. The monoisotopic (exact) mass is 273 g/mol. The summed E-state index contributed by atoms with van der Waals surface area (Å²) in [4.78, 5) is 17.7. The number of amides is 1. The molecule has 2 rings (SSSR count). The highest BCUT2D eigenvalue weighted by atomic mass is 19.1. The number of aromatic nitrogens is 1. The van der Waals surface area contributed by atoms with Crippen molar-refractivity contribution in [3.8, 4) is 0 Å². The Morgan fingerprint density at radius 1 is 1.35 bits per heavy atom. The zero-order valence-corrected chi connectivity index (χ0v) is 11.2.